The second-order valence-corrected chi connectivity index (χ2v) is 21.9. The Hall–Kier alpha value is -9.24. The van der Waals surface area contributed by atoms with E-state index in [0.29, 0.717) is 27.3 Å². The summed E-state index contributed by atoms with van der Waals surface area (Å²) in [4.78, 5) is 142. The van der Waals surface area contributed by atoms with Gasteiger partial charge >= 0.3 is 18.2 Å². The molecule has 8 atom stereocenters. The number of rotatable bonds is 32. The number of nitrogens with zero attached hydrogens (tertiary/aromatic N) is 2. The van der Waals surface area contributed by atoms with Gasteiger partial charge in [0, 0.05) is 20.6 Å². The van der Waals surface area contributed by atoms with Crippen molar-refractivity contribution in [2.24, 2.45) is 11.7 Å². The molecule has 26 heteroatoms. The first kappa shape index (κ1) is 71.2. The van der Waals surface area contributed by atoms with Crippen LogP contribution in [0.4, 0.5) is 9.59 Å². The van der Waals surface area contributed by atoms with E-state index in [1.807, 2.05) is 0 Å². The smallest absolute Gasteiger partial charge is 0.417 e. The normalized spacial score (nSPS) is 14.2. The quantitative estimate of drug-likeness (QED) is 0.0251. The number of aliphatic carboxylic acids is 1. The average Bonchev–Trinajstić information content (AvgIpc) is 1.71. The Balaban J connectivity index is 1.87. The molecule has 4 aromatic carbocycles. The Morgan fingerprint density at radius 1 is 0.636 bits per heavy atom. The molecule has 0 saturated heterocycles. The summed E-state index contributed by atoms with van der Waals surface area (Å²) in [6, 6.07) is 20.0. The number of primary amides is 1. The summed E-state index contributed by atoms with van der Waals surface area (Å²) in [6.07, 6.45) is -6.27. The maximum absolute atomic E-state index is 15.5. The zero-order valence-corrected chi connectivity index (χ0v) is 50.6. The summed E-state index contributed by atoms with van der Waals surface area (Å²) < 4.78 is 27.3. The molecule has 0 fully saturated rings. The maximum atomic E-state index is 15.5. The number of amides is 9. The van der Waals surface area contributed by atoms with Gasteiger partial charge in [-0.2, -0.15) is 0 Å². The van der Waals surface area contributed by atoms with Gasteiger partial charge in [0.25, 0.3) is 17.7 Å². The van der Waals surface area contributed by atoms with Crippen molar-refractivity contribution >= 4 is 65.6 Å². The number of carbonyl (C=O) groups is 10. The third-order valence-electron chi connectivity index (χ3n) is 12.8. The number of likely N-dealkylation sites (N-methyl/N-ethyl adjacent to an activating group) is 1. The van der Waals surface area contributed by atoms with Crippen LogP contribution in [0.15, 0.2) is 121 Å². The lowest BCUT2D eigenvalue weighted by Gasteiger charge is -2.35. The van der Waals surface area contributed by atoms with Gasteiger partial charge in [0.2, 0.25) is 23.6 Å². The summed E-state index contributed by atoms with van der Waals surface area (Å²) >= 11 is 0. The van der Waals surface area contributed by atoms with Crippen molar-refractivity contribution in [2.45, 2.75) is 135 Å². The molecular weight excluding hydrogens is 1140 g/mol. The molecule has 9 amide bonds. The van der Waals surface area contributed by atoms with Gasteiger partial charge in [-0.05, 0) is 87.4 Å². The zero-order chi connectivity index (χ0) is 65.3. The molecule has 0 spiro atoms. The predicted molar refractivity (Wildman–Crippen MR) is 318 cm³/mol. The third-order valence-corrected chi connectivity index (χ3v) is 12.8. The summed E-state index contributed by atoms with van der Waals surface area (Å²) in [5.41, 5.74) is 5.74. The number of nitrogens with one attached hydrogen (secondary N) is 5. The largest absolute Gasteiger partial charge is 0.480 e. The van der Waals surface area contributed by atoms with Gasteiger partial charge < -0.3 is 76.2 Å². The molecule has 0 aliphatic heterocycles. The predicted octanol–water partition coefficient (Wildman–Crippen LogP) is 3.06. The van der Waals surface area contributed by atoms with Gasteiger partial charge in [-0.1, -0.05) is 117 Å². The molecule has 0 unspecified atom stereocenters. The Labute approximate surface area is 510 Å². The number of aliphatic hydroxyl groups excluding tert-OH is 2. The molecule has 88 heavy (non-hydrogen) atoms. The van der Waals surface area contributed by atoms with Gasteiger partial charge in [0.15, 0.2) is 6.79 Å². The first-order chi connectivity index (χ1) is 41.6. The fraction of sp³-hybridized carbons (Fsp3) is 0.419. The van der Waals surface area contributed by atoms with Crippen LogP contribution in [0.5, 0.6) is 5.75 Å². The first-order valence-corrected chi connectivity index (χ1v) is 28.1. The number of alkyl carbamates (subject to hydrolysis) is 1. The number of imide groups is 1. The molecule has 26 nitrogen and oxygen atoms in total. The minimum atomic E-state index is -2.36. The lowest BCUT2D eigenvalue weighted by molar-refractivity contribution is -0.150. The summed E-state index contributed by atoms with van der Waals surface area (Å²) in [6.45, 7) is 8.61. The number of carbonyl (C=O) groups excluding carboxylic acids is 9. The zero-order valence-electron chi connectivity index (χ0n) is 50.6. The molecule has 0 bridgehead atoms. The van der Waals surface area contributed by atoms with Gasteiger partial charge in [0.05, 0.1) is 31.8 Å². The van der Waals surface area contributed by atoms with Crippen molar-refractivity contribution in [1.29, 1.82) is 0 Å². The number of benzene rings is 4. The molecule has 0 saturated carbocycles. The highest BCUT2D eigenvalue weighted by atomic mass is 16.7. The Morgan fingerprint density at radius 3 is 1.68 bits per heavy atom. The summed E-state index contributed by atoms with van der Waals surface area (Å²) in [5, 5.41) is 44.5. The minimum absolute atomic E-state index is 0.0505. The van der Waals surface area contributed by atoms with E-state index in [0.717, 1.165) is 20.9 Å². The monoisotopic (exact) mass is 1220 g/mol. The third kappa shape index (κ3) is 23.6. The van der Waals surface area contributed by atoms with E-state index in [1.165, 1.54) is 37.5 Å². The van der Waals surface area contributed by atoms with Crippen LogP contribution in [-0.2, 0) is 76.9 Å². The number of aliphatic hydroxyl groups is 2. The number of nitrogens with two attached hydrogens (primary N) is 1. The van der Waals surface area contributed by atoms with Crippen molar-refractivity contribution in [3.8, 4) is 5.75 Å². The SMILES string of the molecule is COCOc1ccc(/C=C(\C(=O)N[C@@H](CC(C)C)C(=O)N[C@H](Cc2ccccc2)C(=O)O)N(C)C(=O)[C@H]([C@@H](C)O)N(C(=O)OCc2ccccc2)C(=O)[C@H](COCc2ccccc2)NC(=O)[C@H](CC(N)=O)NC(=O)[C@@H](NC(=O)OC(C)(C)C)[C@H](C)O)cc1. The number of carboxylic acid groups (broad SMARTS) is 1. The molecule has 10 N–H and O–H groups in total. The lowest BCUT2D eigenvalue weighted by atomic mass is 10.0. The molecule has 0 aromatic heterocycles. The van der Waals surface area contributed by atoms with Crippen molar-refractivity contribution in [1.82, 2.24) is 36.4 Å². The average molecular weight is 1230 g/mol. The van der Waals surface area contributed by atoms with E-state index in [2.05, 4.69) is 26.6 Å². The highest BCUT2D eigenvalue weighted by Gasteiger charge is 2.45. The van der Waals surface area contributed by atoms with Crippen LogP contribution >= 0.6 is 0 Å². The molecule has 0 heterocycles. The molecule has 476 valence electrons. The van der Waals surface area contributed by atoms with E-state index in [4.69, 9.17) is 29.4 Å². The van der Waals surface area contributed by atoms with Crippen molar-refractivity contribution in [2.75, 3.05) is 27.6 Å². The van der Waals surface area contributed by atoms with Crippen molar-refractivity contribution in [3.63, 3.8) is 0 Å². The summed E-state index contributed by atoms with van der Waals surface area (Å²) in [7, 11) is 2.49. The second-order valence-electron chi connectivity index (χ2n) is 21.9. The van der Waals surface area contributed by atoms with Crippen LogP contribution in [-0.4, -0.2) is 166 Å². The van der Waals surface area contributed by atoms with Crippen LogP contribution in [0.2, 0.25) is 0 Å². The molecule has 0 aliphatic rings. The first-order valence-electron chi connectivity index (χ1n) is 28.1. The van der Waals surface area contributed by atoms with E-state index < -0.39 is 139 Å². The maximum Gasteiger partial charge on any atom is 0.417 e. The van der Waals surface area contributed by atoms with Gasteiger partial charge in [-0.25, -0.2) is 19.3 Å². The molecule has 0 aliphatic carbocycles. The second kappa shape index (κ2) is 34.8. The minimum Gasteiger partial charge on any atom is -0.480 e. The van der Waals surface area contributed by atoms with E-state index in [-0.39, 0.29) is 42.6 Å². The molecular formula is C62H80N8O18. The Morgan fingerprint density at radius 2 is 1.17 bits per heavy atom. The topological polar surface area (TPSA) is 370 Å². The van der Waals surface area contributed by atoms with Crippen LogP contribution in [0.25, 0.3) is 6.08 Å². The highest BCUT2D eigenvalue weighted by Crippen LogP contribution is 2.22. The van der Waals surface area contributed by atoms with Crippen molar-refractivity contribution in [3.05, 3.63) is 143 Å². The van der Waals surface area contributed by atoms with E-state index in [1.54, 1.807) is 126 Å². The highest BCUT2D eigenvalue weighted by molar-refractivity contribution is 6.07. The number of ether oxygens (including phenoxy) is 5. The molecule has 0 radical (unpaired) electrons. The number of hydrogen-bond donors (Lipinski definition) is 9. The van der Waals surface area contributed by atoms with Crippen LogP contribution in [0, 0.1) is 5.92 Å². The Kier molecular flexibility index (Phi) is 28.2. The van der Waals surface area contributed by atoms with Crippen LogP contribution < -0.4 is 37.1 Å². The number of hydrogen-bond acceptors (Lipinski definition) is 17. The molecule has 4 aromatic rings. The fourth-order valence-corrected chi connectivity index (χ4v) is 8.49. The number of methoxy groups -OCH3 is 1. The van der Waals surface area contributed by atoms with Gasteiger partial charge in [0.1, 0.15) is 59.9 Å². The van der Waals surface area contributed by atoms with Gasteiger partial charge in [-0.3, -0.25) is 33.6 Å². The number of carboxylic acids is 1. The van der Waals surface area contributed by atoms with Crippen molar-refractivity contribution < 1.29 is 86.9 Å². The standard InChI is InChI=1S/C62H80N8O18/c1-37(2)29-45(53(74)66-47(59(80)81)30-40-19-13-10-14-20-40)64-55(76)49(31-41-25-27-44(28-26-41)87-36-84-9)69(8)58(79)52(39(4)72)70(61(83)86-34-43-23-17-12-18-24-43)57(78)48(35-85-33-42-21-15-11-16-22-42)67-54(75)46(32-50(63)73)65-56(77)51(38(3)71)68-60(82)88-62(5,6)7/h10-28,31,37-39,45-48,51-52,71-72H,29-30,32-36H2,1-9H3,(H2,63,73)(H,64,76)(H,65,77)(H,66,74)(H,67,75)(H,68,82)(H,80,81)/b49-31+/t38-,39+,45-,46-,47+,48-,51-,52-/m0/s1. The van der Waals surface area contributed by atoms with Gasteiger partial charge in [-0.15, -0.1) is 0 Å². The van der Waals surface area contributed by atoms with Crippen LogP contribution in [0.1, 0.15) is 83.6 Å². The summed E-state index contributed by atoms with van der Waals surface area (Å²) in [5.74, 6) is -9.83. The fourth-order valence-electron chi connectivity index (χ4n) is 8.49. The molecule has 4 rings (SSSR count). The van der Waals surface area contributed by atoms with Crippen LogP contribution in [0.3, 0.4) is 0 Å². The van der Waals surface area contributed by atoms with E-state index in [9.17, 15) is 53.7 Å². The lowest BCUT2D eigenvalue weighted by Crippen LogP contribution is -2.64. The Bertz CT molecular complexity index is 3010. The van der Waals surface area contributed by atoms with E-state index >= 15 is 9.59 Å².